The smallest absolute Gasteiger partial charge is 0.138 e. The summed E-state index contributed by atoms with van der Waals surface area (Å²) in [5.74, 6) is -0.223. The van der Waals surface area contributed by atoms with Crippen LogP contribution >= 0.6 is 0 Å². The van der Waals surface area contributed by atoms with Crippen molar-refractivity contribution in [3.8, 4) is 5.69 Å². The zero-order chi connectivity index (χ0) is 16.4. The van der Waals surface area contributed by atoms with E-state index >= 15 is 0 Å². The molecule has 0 spiro atoms. The fourth-order valence-electron chi connectivity index (χ4n) is 3.12. The van der Waals surface area contributed by atoms with Gasteiger partial charge in [-0.2, -0.15) is 0 Å². The Labute approximate surface area is 140 Å². The second-order valence-electron chi connectivity index (χ2n) is 6.01. The summed E-state index contributed by atoms with van der Waals surface area (Å²) in [5, 5.41) is 0. The first-order valence-electron chi connectivity index (χ1n) is 8.13. The number of hydrogen-bond donors (Lipinski definition) is 0. The highest BCUT2D eigenvalue weighted by Crippen LogP contribution is 2.29. The SMILES string of the molecule is Fc1ccc(-n2ccc([C@@H]3OCCN3Cc3ccccc3)c2)cc1. The molecule has 4 heteroatoms. The van der Waals surface area contributed by atoms with Crippen molar-refractivity contribution in [2.24, 2.45) is 0 Å². The lowest BCUT2D eigenvalue weighted by Crippen LogP contribution is -2.23. The topological polar surface area (TPSA) is 17.4 Å². The molecule has 122 valence electrons. The summed E-state index contributed by atoms with van der Waals surface area (Å²) >= 11 is 0. The minimum atomic E-state index is -0.223. The monoisotopic (exact) mass is 322 g/mol. The van der Waals surface area contributed by atoms with Crippen molar-refractivity contribution in [1.29, 1.82) is 0 Å². The maximum absolute atomic E-state index is 13.1. The molecular weight excluding hydrogens is 303 g/mol. The predicted octanol–water partition coefficient (Wildman–Crippen LogP) is 4.15. The molecule has 0 unspecified atom stereocenters. The number of aromatic nitrogens is 1. The molecule has 0 amide bonds. The summed E-state index contributed by atoms with van der Waals surface area (Å²) in [6.07, 6.45) is 4.01. The van der Waals surface area contributed by atoms with Gasteiger partial charge in [-0.25, -0.2) is 4.39 Å². The average Bonchev–Trinajstić information content (AvgIpc) is 3.25. The summed E-state index contributed by atoms with van der Waals surface area (Å²) in [7, 11) is 0. The Morgan fingerprint density at radius 1 is 1.00 bits per heavy atom. The van der Waals surface area contributed by atoms with Crippen LogP contribution in [0, 0.1) is 5.82 Å². The third-order valence-electron chi connectivity index (χ3n) is 4.34. The molecule has 4 rings (SSSR count). The van der Waals surface area contributed by atoms with E-state index in [1.165, 1.54) is 17.7 Å². The number of nitrogens with zero attached hydrogens (tertiary/aromatic N) is 2. The van der Waals surface area contributed by atoms with Gasteiger partial charge in [0.15, 0.2) is 0 Å². The Bertz CT molecular complexity index is 798. The van der Waals surface area contributed by atoms with Crippen LogP contribution in [0.4, 0.5) is 4.39 Å². The lowest BCUT2D eigenvalue weighted by atomic mass is 10.2. The van der Waals surface area contributed by atoms with Crippen LogP contribution < -0.4 is 0 Å². The van der Waals surface area contributed by atoms with Crippen LogP contribution in [-0.4, -0.2) is 22.6 Å². The van der Waals surface area contributed by atoms with Gasteiger partial charge in [0.25, 0.3) is 0 Å². The highest BCUT2D eigenvalue weighted by molar-refractivity contribution is 5.34. The van der Waals surface area contributed by atoms with E-state index < -0.39 is 0 Å². The Morgan fingerprint density at radius 3 is 2.58 bits per heavy atom. The summed E-state index contributed by atoms with van der Waals surface area (Å²) in [4.78, 5) is 2.33. The minimum absolute atomic E-state index is 0.0353. The highest BCUT2D eigenvalue weighted by atomic mass is 19.1. The summed E-state index contributed by atoms with van der Waals surface area (Å²) in [5.41, 5.74) is 3.34. The van der Waals surface area contributed by atoms with Gasteiger partial charge in [0.2, 0.25) is 0 Å². The predicted molar refractivity (Wildman–Crippen MR) is 91.3 cm³/mol. The van der Waals surface area contributed by atoms with Gasteiger partial charge in [0, 0.05) is 36.7 Å². The molecular formula is C20H19FN2O. The molecule has 3 aromatic rings. The van der Waals surface area contributed by atoms with E-state index in [0.29, 0.717) is 0 Å². The summed E-state index contributed by atoms with van der Waals surface area (Å²) in [6.45, 7) is 2.52. The molecule has 2 aromatic carbocycles. The standard InChI is InChI=1S/C20H19FN2O/c21-18-6-8-19(9-7-18)22-11-10-17(15-22)20-23(12-13-24-20)14-16-4-2-1-3-5-16/h1-11,15,20H,12-14H2/t20-/m0/s1. The quantitative estimate of drug-likeness (QED) is 0.718. The van der Waals surface area contributed by atoms with E-state index in [1.54, 1.807) is 12.1 Å². The normalized spacial score (nSPS) is 18.1. The molecule has 3 nitrogen and oxygen atoms in total. The van der Waals surface area contributed by atoms with E-state index in [1.807, 2.05) is 16.8 Å². The van der Waals surface area contributed by atoms with Gasteiger partial charge in [0.05, 0.1) is 6.61 Å². The van der Waals surface area contributed by atoms with Gasteiger partial charge >= 0.3 is 0 Å². The molecule has 0 radical (unpaired) electrons. The molecule has 1 aliphatic rings. The Balaban J connectivity index is 1.53. The Hall–Kier alpha value is -2.43. The van der Waals surface area contributed by atoms with Gasteiger partial charge < -0.3 is 9.30 Å². The van der Waals surface area contributed by atoms with Gasteiger partial charge in [-0.1, -0.05) is 30.3 Å². The number of benzene rings is 2. The van der Waals surface area contributed by atoms with E-state index in [0.717, 1.165) is 30.9 Å². The van der Waals surface area contributed by atoms with Crippen molar-refractivity contribution >= 4 is 0 Å². The molecule has 1 saturated heterocycles. The molecule has 0 saturated carbocycles. The van der Waals surface area contributed by atoms with Gasteiger partial charge in [-0.15, -0.1) is 0 Å². The maximum atomic E-state index is 13.1. The first-order valence-corrected chi connectivity index (χ1v) is 8.13. The summed E-state index contributed by atoms with van der Waals surface area (Å²) < 4.78 is 21.0. The molecule has 1 atom stereocenters. The first kappa shape index (κ1) is 15.1. The largest absolute Gasteiger partial charge is 0.357 e. The Kier molecular flexibility index (Phi) is 4.15. The molecule has 2 heterocycles. The van der Waals surface area contributed by atoms with E-state index in [-0.39, 0.29) is 12.0 Å². The van der Waals surface area contributed by atoms with Gasteiger partial charge in [-0.05, 0) is 35.9 Å². The van der Waals surface area contributed by atoms with E-state index in [4.69, 9.17) is 4.74 Å². The minimum Gasteiger partial charge on any atom is -0.357 e. The van der Waals surface area contributed by atoms with Crippen molar-refractivity contribution < 1.29 is 9.13 Å². The zero-order valence-corrected chi connectivity index (χ0v) is 13.3. The van der Waals surface area contributed by atoms with Crippen molar-refractivity contribution in [3.63, 3.8) is 0 Å². The average molecular weight is 322 g/mol. The van der Waals surface area contributed by atoms with Crippen LogP contribution in [-0.2, 0) is 11.3 Å². The van der Waals surface area contributed by atoms with E-state index in [9.17, 15) is 4.39 Å². The number of rotatable bonds is 4. The highest BCUT2D eigenvalue weighted by Gasteiger charge is 2.27. The molecule has 1 fully saturated rings. The number of halogens is 1. The second-order valence-corrected chi connectivity index (χ2v) is 6.01. The van der Waals surface area contributed by atoms with Crippen LogP contribution in [0.3, 0.4) is 0 Å². The second kappa shape index (κ2) is 6.59. The fourth-order valence-corrected chi connectivity index (χ4v) is 3.12. The van der Waals surface area contributed by atoms with Crippen LogP contribution in [0.1, 0.15) is 17.4 Å². The van der Waals surface area contributed by atoms with Crippen molar-refractivity contribution in [3.05, 3.63) is 90.0 Å². The van der Waals surface area contributed by atoms with Crippen molar-refractivity contribution in [1.82, 2.24) is 9.47 Å². The summed E-state index contributed by atoms with van der Waals surface area (Å²) in [6, 6.07) is 19.0. The van der Waals surface area contributed by atoms with Gasteiger partial charge in [-0.3, -0.25) is 4.90 Å². The molecule has 0 aliphatic carbocycles. The lowest BCUT2D eigenvalue weighted by Gasteiger charge is -2.22. The number of hydrogen-bond acceptors (Lipinski definition) is 2. The third kappa shape index (κ3) is 3.11. The maximum Gasteiger partial charge on any atom is 0.138 e. The van der Waals surface area contributed by atoms with Crippen molar-refractivity contribution in [2.75, 3.05) is 13.2 Å². The van der Waals surface area contributed by atoms with Crippen LogP contribution in [0.2, 0.25) is 0 Å². The zero-order valence-electron chi connectivity index (χ0n) is 13.3. The molecule has 0 bridgehead atoms. The molecule has 0 N–H and O–H groups in total. The van der Waals surface area contributed by atoms with Crippen LogP contribution in [0.15, 0.2) is 73.1 Å². The number of ether oxygens (including phenoxy) is 1. The van der Waals surface area contributed by atoms with E-state index in [2.05, 4.69) is 41.4 Å². The molecule has 1 aliphatic heterocycles. The van der Waals surface area contributed by atoms with Crippen LogP contribution in [0.5, 0.6) is 0 Å². The molecule has 1 aromatic heterocycles. The fraction of sp³-hybridized carbons (Fsp3) is 0.200. The van der Waals surface area contributed by atoms with Crippen molar-refractivity contribution in [2.45, 2.75) is 12.8 Å². The third-order valence-corrected chi connectivity index (χ3v) is 4.34. The van der Waals surface area contributed by atoms with Gasteiger partial charge in [0.1, 0.15) is 12.0 Å². The lowest BCUT2D eigenvalue weighted by molar-refractivity contribution is 0.0288. The Morgan fingerprint density at radius 2 is 1.79 bits per heavy atom. The first-order chi connectivity index (χ1) is 11.8. The van der Waals surface area contributed by atoms with Crippen LogP contribution in [0.25, 0.3) is 5.69 Å². The molecule has 24 heavy (non-hydrogen) atoms.